The van der Waals surface area contributed by atoms with Crippen LogP contribution in [0.15, 0.2) is 30.8 Å². The normalized spacial score (nSPS) is 13.5. The first kappa shape index (κ1) is 15.6. The third kappa shape index (κ3) is 2.62. The minimum absolute atomic E-state index is 0.142. The molecule has 0 unspecified atom stereocenters. The van der Waals surface area contributed by atoms with Crippen LogP contribution >= 0.6 is 0 Å². The summed E-state index contributed by atoms with van der Waals surface area (Å²) in [5.41, 5.74) is -3.66. The third-order valence-corrected chi connectivity index (χ3v) is 3.09. The summed E-state index contributed by atoms with van der Waals surface area (Å²) in [6, 6.07) is 4.08. The van der Waals surface area contributed by atoms with E-state index in [1.165, 1.54) is 12.1 Å². The van der Waals surface area contributed by atoms with Crippen molar-refractivity contribution < 1.29 is 26.3 Å². The molecule has 0 spiro atoms. The van der Waals surface area contributed by atoms with E-state index in [1.807, 2.05) is 0 Å². The Morgan fingerprint density at radius 1 is 0.895 bits per heavy atom. The van der Waals surface area contributed by atoms with Crippen LogP contribution in [0.5, 0.6) is 0 Å². The second-order valence-electron chi connectivity index (χ2n) is 4.48. The van der Waals surface area contributed by atoms with Crippen molar-refractivity contribution in [1.29, 1.82) is 0 Å². The molecular weight excluding hydrogens is 270 g/mol. The van der Waals surface area contributed by atoms with Crippen molar-refractivity contribution in [2.75, 3.05) is 0 Å². The van der Waals surface area contributed by atoms with E-state index in [4.69, 9.17) is 0 Å². The van der Waals surface area contributed by atoms with Crippen molar-refractivity contribution in [1.82, 2.24) is 0 Å². The van der Waals surface area contributed by atoms with Crippen LogP contribution < -0.4 is 0 Å². The lowest BCUT2D eigenvalue weighted by Crippen LogP contribution is -2.51. The van der Waals surface area contributed by atoms with Crippen LogP contribution in [0, 0.1) is 0 Å². The Kier molecular flexibility index (Phi) is 3.76. The molecule has 0 atom stereocenters. The molecule has 0 nitrogen and oxygen atoms in total. The zero-order chi connectivity index (χ0) is 15.1. The second-order valence-corrected chi connectivity index (χ2v) is 4.48. The number of benzene rings is 1. The van der Waals surface area contributed by atoms with Gasteiger partial charge in [-0.05, 0) is 25.0 Å². The fraction of sp³-hybridized carbons (Fsp3) is 0.385. The van der Waals surface area contributed by atoms with Gasteiger partial charge in [-0.15, -0.1) is 0 Å². The maximum absolute atomic E-state index is 12.8. The highest BCUT2D eigenvalue weighted by Crippen LogP contribution is 2.51. The molecule has 1 aromatic rings. The molecule has 0 bridgehead atoms. The maximum atomic E-state index is 12.8. The summed E-state index contributed by atoms with van der Waals surface area (Å²) in [6.07, 6.45) is -10.8. The summed E-state index contributed by atoms with van der Waals surface area (Å²) in [5.74, 6) is 0. The van der Waals surface area contributed by atoms with E-state index in [1.54, 1.807) is 6.92 Å². The molecule has 0 aliphatic rings. The highest BCUT2D eigenvalue weighted by atomic mass is 19.4. The molecule has 0 heterocycles. The van der Waals surface area contributed by atoms with Crippen molar-refractivity contribution in [2.45, 2.75) is 31.6 Å². The van der Waals surface area contributed by atoms with Gasteiger partial charge in [0.15, 0.2) is 5.41 Å². The van der Waals surface area contributed by atoms with Crippen molar-refractivity contribution in [3.63, 3.8) is 0 Å². The average molecular weight is 282 g/mol. The molecule has 0 N–H and O–H groups in total. The number of halogens is 6. The fourth-order valence-corrected chi connectivity index (χ4v) is 1.58. The van der Waals surface area contributed by atoms with E-state index < -0.39 is 23.3 Å². The Morgan fingerprint density at radius 2 is 1.26 bits per heavy atom. The lowest BCUT2D eigenvalue weighted by Gasteiger charge is -2.34. The van der Waals surface area contributed by atoms with Crippen LogP contribution in [0.25, 0.3) is 5.57 Å². The quantitative estimate of drug-likeness (QED) is 0.662. The number of rotatable bonds is 2. The minimum Gasteiger partial charge on any atom is -0.170 e. The van der Waals surface area contributed by atoms with E-state index >= 15 is 0 Å². The summed E-state index contributed by atoms with van der Waals surface area (Å²) in [6.45, 7) is 5.32. The minimum atomic E-state index is -5.42. The molecule has 0 aromatic heterocycles. The summed E-state index contributed by atoms with van der Waals surface area (Å²) in [4.78, 5) is 0. The van der Waals surface area contributed by atoms with Crippen LogP contribution in [-0.4, -0.2) is 12.4 Å². The topological polar surface area (TPSA) is 0 Å². The van der Waals surface area contributed by atoms with E-state index in [0.717, 1.165) is 12.1 Å². The second kappa shape index (κ2) is 4.58. The Balaban J connectivity index is 3.40. The predicted octanol–water partition coefficient (Wildman–Crippen LogP) is 5.10. The number of alkyl halides is 6. The smallest absolute Gasteiger partial charge is 0.170 e. The van der Waals surface area contributed by atoms with Gasteiger partial charge >= 0.3 is 12.4 Å². The first-order valence-corrected chi connectivity index (χ1v) is 5.31. The Morgan fingerprint density at radius 3 is 1.53 bits per heavy atom. The number of hydrogen-bond acceptors (Lipinski definition) is 0. The van der Waals surface area contributed by atoms with Gasteiger partial charge in [0.05, 0.1) is 0 Å². The van der Waals surface area contributed by atoms with Crippen LogP contribution in [-0.2, 0) is 5.41 Å². The summed E-state index contributed by atoms with van der Waals surface area (Å²) in [7, 11) is 0. The zero-order valence-electron chi connectivity index (χ0n) is 10.3. The standard InChI is InChI=1S/C13H12F6/c1-8(2)9-4-6-10(7-5-9)11(3,12(14,15)16)13(17,18)19/h4-7H,1H2,2-3H3. The molecule has 1 rings (SSSR count). The largest absolute Gasteiger partial charge is 0.406 e. The predicted molar refractivity (Wildman–Crippen MR) is 60.6 cm³/mol. The Bertz CT molecular complexity index is 449. The molecule has 0 saturated carbocycles. The summed E-state index contributed by atoms with van der Waals surface area (Å²) >= 11 is 0. The van der Waals surface area contributed by atoms with Crippen molar-refractivity contribution in [2.24, 2.45) is 0 Å². The number of allylic oxidation sites excluding steroid dienone is 1. The van der Waals surface area contributed by atoms with Crippen molar-refractivity contribution in [3.8, 4) is 0 Å². The highest BCUT2D eigenvalue weighted by Gasteiger charge is 2.68. The lowest BCUT2D eigenvalue weighted by atomic mass is 9.80. The third-order valence-electron chi connectivity index (χ3n) is 3.09. The van der Waals surface area contributed by atoms with Crippen LogP contribution in [0.3, 0.4) is 0 Å². The van der Waals surface area contributed by atoms with E-state index in [0.29, 0.717) is 11.1 Å². The molecule has 19 heavy (non-hydrogen) atoms. The van der Waals surface area contributed by atoms with Gasteiger partial charge in [-0.2, -0.15) is 26.3 Å². The van der Waals surface area contributed by atoms with Gasteiger partial charge in [-0.25, -0.2) is 0 Å². The Labute approximate surface area is 106 Å². The zero-order valence-corrected chi connectivity index (χ0v) is 10.3. The molecule has 1 aromatic carbocycles. The SMILES string of the molecule is C=C(C)c1ccc(C(C)(C(F)(F)F)C(F)(F)F)cc1. The Hall–Kier alpha value is -1.46. The molecule has 0 radical (unpaired) electrons. The molecule has 0 fully saturated rings. The van der Waals surface area contributed by atoms with E-state index in [9.17, 15) is 26.3 Å². The molecule has 0 aliphatic heterocycles. The van der Waals surface area contributed by atoms with Gasteiger partial charge in [0.25, 0.3) is 0 Å². The molecule has 106 valence electrons. The molecule has 0 aliphatic carbocycles. The monoisotopic (exact) mass is 282 g/mol. The van der Waals surface area contributed by atoms with Gasteiger partial charge in [-0.1, -0.05) is 36.4 Å². The van der Waals surface area contributed by atoms with Crippen LogP contribution in [0.2, 0.25) is 0 Å². The van der Waals surface area contributed by atoms with Crippen molar-refractivity contribution >= 4 is 5.57 Å². The number of hydrogen-bond donors (Lipinski definition) is 0. The highest BCUT2D eigenvalue weighted by molar-refractivity contribution is 5.61. The van der Waals surface area contributed by atoms with Gasteiger partial charge in [0, 0.05) is 0 Å². The van der Waals surface area contributed by atoms with Crippen LogP contribution in [0.4, 0.5) is 26.3 Å². The van der Waals surface area contributed by atoms with Gasteiger partial charge in [0.1, 0.15) is 0 Å². The molecule has 6 heteroatoms. The van der Waals surface area contributed by atoms with Crippen molar-refractivity contribution in [3.05, 3.63) is 42.0 Å². The van der Waals surface area contributed by atoms with E-state index in [-0.39, 0.29) is 6.92 Å². The maximum Gasteiger partial charge on any atom is 0.406 e. The van der Waals surface area contributed by atoms with E-state index in [2.05, 4.69) is 6.58 Å². The molecular formula is C13H12F6. The molecule has 0 saturated heterocycles. The molecule has 0 amide bonds. The summed E-state index contributed by atoms with van der Waals surface area (Å²) in [5, 5.41) is 0. The fourth-order valence-electron chi connectivity index (χ4n) is 1.58. The average Bonchev–Trinajstić information content (AvgIpc) is 2.25. The first-order valence-electron chi connectivity index (χ1n) is 5.31. The lowest BCUT2D eigenvalue weighted by molar-refractivity contribution is -0.297. The van der Waals surface area contributed by atoms with Gasteiger partial charge in [0.2, 0.25) is 0 Å². The van der Waals surface area contributed by atoms with Gasteiger partial charge in [-0.3, -0.25) is 0 Å². The summed E-state index contributed by atoms with van der Waals surface area (Å²) < 4.78 is 76.8. The van der Waals surface area contributed by atoms with Crippen LogP contribution in [0.1, 0.15) is 25.0 Å². The van der Waals surface area contributed by atoms with Gasteiger partial charge < -0.3 is 0 Å². The first-order chi connectivity index (χ1) is 8.41.